The smallest absolute Gasteiger partial charge is 0.409 e. The van der Waals surface area contributed by atoms with Crippen LogP contribution >= 0.6 is 11.6 Å². The minimum atomic E-state index is -1.81. The topological polar surface area (TPSA) is 147 Å². The molecule has 0 spiro atoms. The van der Waals surface area contributed by atoms with Gasteiger partial charge in [-0.3, -0.25) is 14.9 Å². The van der Waals surface area contributed by atoms with Crippen molar-refractivity contribution < 1.29 is 43.2 Å². The monoisotopic (exact) mass is 647 g/mol. The van der Waals surface area contributed by atoms with E-state index in [1.807, 2.05) is 32.1 Å². The van der Waals surface area contributed by atoms with Crippen LogP contribution in [0.5, 0.6) is 0 Å². The normalized spacial score (nSPS) is 34.4. The van der Waals surface area contributed by atoms with E-state index < -0.39 is 65.7 Å². The molecule has 2 fully saturated rings. The van der Waals surface area contributed by atoms with Gasteiger partial charge in [0.2, 0.25) is 12.5 Å². The molecular weight excluding hydrogens is 606 g/mol. The number of halogens is 1. The van der Waals surface area contributed by atoms with Gasteiger partial charge in [0.05, 0.1) is 16.8 Å². The Morgan fingerprint density at radius 3 is 2.64 bits per heavy atom. The molecule has 3 aliphatic heterocycles. The number of aryl methyl sites for hydroxylation is 1. The quantitative estimate of drug-likeness (QED) is 0.280. The number of alkyl carbamates (subject to hydrolysis) is 1. The number of nitrogens with zero attached hydrogens (tertiary/aromatic N) is 2. The number of likely N-dealkylation sites (N-methyl/N-ethyl adjacent to an activating group) is 2. The average Bonchev–Trinajstić information content (AvgIpc) is 3.68. The average molecular weight is 648 g/mol. The van der Waals surface area contributed by atoms with Crippen molar-refractivity contribution in [1.29, 1.82) is 0 Å². The maximum absolute atomic E-state index is 14.3. The van der Waals surface area contributed by atoms with Gasteiger partial charge in [-0.25, -0.2) is 9.59 Å². The fourth-order valence-electron chi connectivity index (χ4n) is 5.98. The molecule has 12 nitrogen and oxygen atoms in total. The minimum Gasteiger partial charge on any atom is -0.447 e. The lowest BCUT2D eigenvalue weighted by atomic mass is 9.84. The molecule has 2 N–H and O–H groups in total. The van der Waals surface area contributed by atoms with Gasteiger partial charge in [-0.15, -0.1) is 0 Å². The van der Waals surface area contributed by atoms with E-state index in [-0.39, 0.29) is 6.42 Å². The summed E-state index contributed by atoms with van der Waals surface area (Å²) < 4.78 is 23.1. The summed E-state index contributed by atoms with van der Waals surface area (Å²) in [6, 6.07) is 2.75. The first-order valence-electron chi connectivity index (χ1n) is 14.8. The first-order valence-corrected chi connectivity index (χ1v) is 15.1. The van der Waals surface area contributed by atoms with Gasteiger partial charge in [0.25, 0.3) is 5.91 Å². The van der Waals surface area contributed by atoms with E-state index in [2.05, 4.69) is 5.32 Å². The van der Waals surface area contributed by atoms with Crippen LogP contribution in [0.4, 0.5) is 10.5 Å². The zero-order chi connectivity index (χ0) is 33.4. The summed E-state index contributed by atoms with van der Waals surface area (Å²) in [6.07, 6.45) is 1.44. The fourth-order valence-corrected chi connectivity index (χ4v) is 6.22. The molecule has 3 aliphatic rings. The van der Waals surface area contributed by atoms with Crippen LogP contribution in [0.15, 0.2) is 35.9 Å². The molecule has 2 saturated heterocycles. The Bertz CT molecular complexity index is 1420. The van der Waals surface area contributed by atoms with Gasteiger partial charge in [0.1, 0.15) is 23.9 Å². The van der Waals surface area contributed by atoms with Gasteiger partial charge in [0.15, 0.2) is 5.72 Å². The Kier molecular flexibility index (Phi) is 10.0. The molecule has 4 rings (SSSR count). The molecule has 0 saturated carbocycles. The Hall–Kier alpha value is -3.45. The van der Waals surface area contributed by atoms with Crippen LogP contribution in [0.2, 0.25) is 5.02 Å². The number of ether oxygens (including phenoxy) is 4. The summed E-state index contributed by atoms with van der Waals surface area (Å²) in [5.41, 5.74) is -0.145. The number of rotatable bonds is 5. The number of carbonyl (C=O) groups excluding carboxylic acids is 4. The van der Waals surface area contributed by atoms with Crippen LogP contribution in [-0.2, 0) is 39.8 Å². The maximum atomic E-state index is 14.3. The number of epoxide rings is 1. The number of esters is 1. The third-order valence-corrected chi connectivity index (χ3v) is 9.49. The summed E-state index contributed by atoms with van der Waals surface area (Å²) >= 11 is 6.72. The molecule has 1 aromatic rings. The molecule has 8 atom stereocenters. The molecule has 1 aromatic carbocycles. The molecule has 0 aliphatic carbocycles. The number of aliphatic hydroxyl groups is 1. The van der Waals surface area contributed by atoms with Crippen molar-refractivity contribution in [2.45, 2.75) is 89.2 Å². The molecule has 3 amide bonds. The number of hydrogen-bond acceptors (Lipinski definition) is 9. The van der Waals surface area contributed by atoms with Gasteiger partial charge in [0, 0.05) is 33.5 Å². The minimum absolute atomic E-state index is 0.0552. The van der Waals surface area contributed by atoms with E-state index in [0.717, 1.165) is 21.6 Å². The third kappa shape index (κ3) is 6.89. The highest BCUT2D eigenvalue weighted by Gasteiger charge is 2.66. The van der Waals surface area contributed by atoms with E-state index in [0.29, 0.717) is 23.5 Å². The number of amides is 3. The Labute approximate surface area is 268 Å². The van der Waals surface area contributed by atoms with E-state index >= 15 is 0 Å². The second-order valence-corrected chi connectivity index (χ2v) is 12.8. The highest BCUT2D eigenvalue weighted by Crippen LogP contribution is 2.49. The van der Waals surface area contributed by atoms with Crippen LogP contribution in [0.3, 0.4) is 0 Å². The van der Waals surface area contributed by atoms with E-state index in [4.69, 9.17) is 30.5 Å². The van der Waals surface area contributed by atoms with Crippen molar-refractivity contribution in [2.75, 3.05) is 26.1 Å². The van der Waals surface area contributed by atoms with Crippen LogP contribution in [0.1, 0.15) is 45.2 Å². The number of nitrogens with one attached hydrogen (secondary N) is 1. The van der Waals surface area contributed by atoms with Crippen molar-refractivity contribution in [3.05, 3.63) is 52.1 Å². The lowest BCUT2D eigenvalue weighted by Gasteiger charge is -2.42. The van der Waals surface area contributed by atoms with Crippen molar-refractivity contribution in [3.8, 4) is 0 Å². The first kappa shape index (κ1) is 34.4. The van der Waals surface area contributed by atoms with Gasteiger partial charge in [-0.2, -0.15) is 0 Å². The van der Waals surface area contributed by atoms with Crippen LogP contribution in [0, 0.1) is 12.8 Å². The predicted octanol–water partition coefficient (Wildman–Crippen LogP) is 3.05. The Morgan fingerprint density at radius 2 is 2.00 bits per heavy atom. The van der Waals surface area contributed by atoms with Crippen molar-refractivity contribution in [1.82, 2.24) is 10.2 Å². The standard InChI is InChI=1S/C32H42ClN3O9/c1-17-10-9-11-24(42-8)32(41)15-23(43-30(40)34-32)19(3)26-31(5,45-26)27(44-29(39)20(4)35(6)16-37)28(38)36(7)22-14-21(12-17)13-18(2)25(22)33/h9-11,13-14,16,19-20,23-24,26-27,41H,12,15H2,1-8H3,(H,34,40)/b11-9+,17-10+. The fraction of sp³-hybridized carbons (Fsp3) is 0.562. The summed E-state index contributed by atoms with van der Waals surface area (Å²) in [6.45, 7) is 8.66. The zero-order valence-electron chi connectivity index (χ0n) is 26.8. The summed E-state index contributed by atoms with van der Waals surface area (Å²) in [5.74, 6) is -1.97. The second kappa shape index (κ2) is 13.1. The van der Waals surface area contributed by atoms with E-state index in [1.165, 1.54) is 26.0 Å². The molecule has 8 unspecified atom stereocenters. The van der Waals surface area contributed by atoms with Gasteiger partial charge in [-0.05, 0) is 51.3 Å². The van der Waals surface area contributed by atoms with Gasteiger partial charge in [-0.1, -0.05) is 48.4 Å². The van der Waals surface area contributed by atoms with Gasteiger partial charge >= 0.3 is 12.1 Å². The van der Waals surface area contributed by atoms with E-state index in [1.54, 1.807) is 33.0 Å². The molecule has 246 valence electrons. The lowest BCUT2D eigenvalue weighted by Crippen LogP contribution is -2.63. The number of benzene rings is 1. The molecule has 45 heavy (non-hydrogen) atoms. The zero-order valence-corrected chi connectivity index (χ0v) is 27.6. The Morgan fingerprint density at radius 1 is 1.31 bits per heavy atom. The van der Waals surface area contributed by atoms with Gasteiger partial charge < -0.3 is 33.9 Å². The van der Waals surface area contributed by atoms with E-state index in [9.17, 15) is 24.3 Å². The molecule has 0 aromatic heterocycles. The number of fused-ring (bicyclic) bond motifs is 5. The third-order valence-electron chi connectivity index (χ3n) is 9.00. The number of hydrogen-bond donors (Lipinski definition) is 2. The number of anilines is 1. The molecule has 3 heterocycles. The van der Waals surface area contributed by atoms with Crippen LogP contribution < -0.4 is 10.2 Å². The Balaban J connectivity index is 1.83. The van der Waals surface area contributed by atoms with Crippen LogP contribution in [0.25, 0.3) is 0 Å². The molecule has 13 heteroatoms. The second-order valence-electron chi connectivity index (χ2n) is 12.4. The summed E-state index contributed by atoms with van der Waals surface area (Å²) in [4.78, 5) is 54.0. The molecule has 4 bridgehead atoms. The summed E-state index contributed by atoms with van der Waals surface area (Å²) in [5, 5.41) is 14.4. The largest absolute Gasteiger partial charge is 0.447 e. The number of allylic oxidation sites excluding steroid dienone is 3. The van der Waals surface area contributed by atoms with Crippen molar-refractivity contribution in [3.63, 3.8) is 0 Å². The SMILES string of the molecule is COC1/C=C/C=C(\C)Cc2cc(C)c(Cl)c(c2)N(C)C(=O)C(OC(=O)C(C)N(C)C=O)C2(C)OC2C(C)C2CC1(O)NC(=O)O2. The number of methoxy groups -OCH3 is 1. The highest BCUT2D eigenvalue weighted by molar-refractivity contribution is 6.34. The highest BCUT2D eigenvalue weighted by atomic mass is 35.5. The molecule has 0 radical (unpaired) electrons. The number of carbonyl (C=O) groups is 4. The predicted molar refractivity (Wildman–Crippen MR) is 166 cm³/mol. The van der Waals surface area contributed by atoms with Crippen molar-refractivity contribution >= 4 is 41.7 Å². The molecular formula is C32H42ClN3O9. The van der Waals surface area contributed by atoms with Crippen molar-refractivity contribution in [2.24, 2.45) is 5.92 Å². The lowest BCUT2D eigenvalue weighted by molar-refractivity contribution is -0.163. The first-order chi connectivity index (χ1) is 21.1. The summed E-state index contributed by atoms with van der Waals surface area (Å²) in [7, 11) is 4.40. The maximum Gasteiger partial charge on any atom is 0.409 e. The van der Waals surface area contributed by atoms with Crippen LogP contribution in [-0.4, -0.2) is 97.4 Å².